The lowest BCUT2D eigenvalue weighted by Crippen LogP contribution is -2.33. The van der Waals surface area contributed by atoms with Gasteiger partial charge in [-0.25, -0.2) is 4.79 Å². The average Bonchev–Trinajstić information content (AvgIpc) is 2.23. The van der Waals surface area contributed by atoms with Crippen molar-refractivity contribution >= 4 is 6.09 Å². The number of nitrogens with zero attached hydrogens (tertiary/aromatic N) is 1. The molecule has 1 aromatic rings. The largest absolute Gasteiger partial charge is 0.439 e. The molecule has 0 bridgehead atoms. The number of rotatable bonds is 1. The zero-order chi connectivity index (χ0) is 9.97. The Labute approximate surface area is 81.0 Å². The van der Waals surface area contributed by atoms with Crippen molar-refractivity contribution in [3.63, 3.8) is 0 Å². The van der Waals surface area contributed by atoms with Gasteiger partial charge in [-0.05, 0) is 11.6 Å². The Morgan fingerprint density at radius 1 is 1.29 bits per heavy atom. The summed E-state index contributed by atoms with van der Waals surface area (Å²) in [5, 5.41) is 9.96. The highest BCUT2D eigenvalue weighted by atomic mass is 16.6. The fourth-order valence-corrected chi connectivity index (χ4v) is 1.32. The normalized spacial score (nSPS) is 20.8. The van der Waals surface area contributed by atoms with E-state index >= 15 is 0 Å². The second kappa shape index (κ2) is 3.51. The SMILES string of the molecule is O=C1OC=CC(c2ccccc2)N1O. The van der Waals surface area contributed by atoms with Gasteiger partial charge in [-0.15, -0.1) is 0 Å². The summed E-state index contributed by atoms with van der Waals surface area (Å²) in [5.41, 5.74) is 0.836. The minimum atomic E-state index is -0.763. The highest BCUT2D eigenvalue weighted by Gasteiger charge is 2.25. The molecule has 0 radical (unpaired) electrons. The van der Waals surface area contributed by atoms with Gasteiger partial charge in [-0.3, -0.25) is 5.21 Å². The standard InChI is InChI=1S/C10H9NO3/c12-10-11(13)9(6-7-14-10)8-4-2-1-3-5-8/h1-7,9,13H. The Morgan fingerprint density at radius 2 is 2.00 bits per heavy atom. The topological polar surface area (TPSA) is 49.8 Å². The molecule has 1 unspecified atom stereocenters. The number of carbonyl (C=O) groups excluding carboxylic acids is 1. The van der Waals surface area contributed by atoms with E-state index in [9.17, 15) is 10.0 Å². The van der Waals surface area contributed by atoms with Crippen molar-refractivity contribution < 1.29 is 14.7 Å². The van der Waals surface area contributed by atoms with E-state index in [1.807, 2.05) is 30.3 Å². The monoisotopic (exact) mass is 191 g/mol. The van der Waals surface area contributed by atoms with Gasteiger partial charge in [-0.1, -0.05) is 30.3 Å². The summed E-state index contributed by atoms with van der Waals surface area (Å²) in [4.78, 5) is 11.0. The minimum absolute atomic E-state index is 0.461. The molecule has 0 spiro atoms. The Morgan fingerprint density at radius 3 is 2.71 bits per heavy atom. The van der Waals surface area contributed by atoms with E-state index in [1.54, 1.807) is 6.08 Å². The van der Waals surface area contributed by atoms with Gasteiger partial charge in [0.05, 0.1) is 6.26 Å². The van der Waals surface area contributed by atoms with Crippen LogP contribution in [-0.4, -0.2) is 16.4 Å². The molecule has 4 nitrogen and oxygen atoms in total. The molecule has 1 aliphatic rings. The lowest BCUT2D eigenvalue weighted by Gasteiger charge is -2.25. The summed E-state index contributed by atoms with van der Waals surface area (Å²) in [6.07, 6.45) is 2.13. The van der Waals surface area contributed by atoms with E-state index in [0.717, 1.165) is 5.56 Å². The van der Waals surface area contributed by atoms with Crippen LogP contribution in [0.2, 0.25) is 0 Å². The molecule has 0 saturated heterocycles. The maximum absolute atomic E-state index is 11.0. The van der Waals surface area contributed by atoms with Crippen molar-refractivity contribution in [1.29, 1.82) is 0 Å². The molecule has 1 aliphatic heterocycles. The summed E-state index contributed by atoms with van der Waals surface area (Å²) in [5.74, 6) is 0. The number of carbonyl (C=O) groups is 1. The lowest BCUT2D eigenvalue weighted by molar-refractivity contribution is -0.0936. The highest BCUT2D eigenvalue weighted by Crippen LogP contribution is 2.23. The van der Waals surface area contributed by atoms with E-state index in [2.05, 4.69) is 4.74 Å². The van der Waals surface area contributed by atoms with Gasteiger partial charge in [0.2, 0.25) is 0 Å². The molecular formula is C10H9NO3. The Bertz CT molecular complexity index is 361. The molecule has 0 aliphatic carbocycles. The first kappa shape index (κ1) is 8.77. The van der Waals surface area contributed by atoms with E-state index in [1.165, 1.54) is 6.26 Å². The van der Waals surface area contributed by atoms with Crippen LogP contribution in [0.15, 0.2) is 42.7 Å². The van der Waals surface area contributed by atoms with E-state index in [0.29, 0.717) is 5.06 Å². The molecule has 1 heterocycles. The van der Waals surface area contributed by atoms with Gasteiger partial charge in [0, 0.05) is 0 Å². The Hall–Kier alpha value is -1.81. The second-order valence-electron chi connectivity index (χ2n) is 2.91. The lowest BCUT2D eigenvalue weighted by atomic mass is 10.1. The third-order valence-electron chi connectivity index (χ3n) is 2.02. The van der Waals surface area contributed by atoms with Crippen molar-refractivity contribution in [2.24, 2.45) is 0 Å². The maximum Gasteiger partial charge on any atom is 0.439 e. The van der Waals surface area contributed by atoms with Crippen LogP contribution in [0, 0.1) is 0 Å². The fraction of sp³-hybridized carbons (Fsp3) is 0.100. The molecule has 0 aromatic heterocycles. The number of ether oxygens (including phenoxy) is 1. The predicted octanol–water partition coefficient (Wildman–Crippen LogP) is 2.08. The third-order valence-corrected chi connectivity index (χ3v) is 2.02. The van der Waals surface area contributed by atoms with Crippen LogP contribution >= 0.6 is 0 Å². The summed E-state index contributed by atoms with van der Waals surface area (Å²) in [7, 11) is 0. The average molecular weight is 191 g/mol. The van der Waals surface area contributed by atoms with Gasteiger partial charge in [0.25, 0.3) is 0 Å². The molecule has 14 heavy (non-hydrogen) atoms. The van der Waals surface area contributed by atoms with Gasteiger partial charge in [0.15, 0.2) is 0 Å². The maximum atomic E-state index is 11.0. The van der Waals surface area contributed by atoms with Crippen molar-refractivity contribution in [1.82, 2.24) is 5.06 Å². The molecule has 1 N–H and O–H groups in total. The quantitative estimate of drug-likeness (QED) is 0.691. The summed E-state index contributed by atoms with van der Waals surface area (Å²) < 4.78 is 4.50. The molecular weight excluding hydrogens is 182 g/mol. The van der Waals surface area contributed by atoms with Crippen LogP contribution < -0.4 is 0 Å². The number of hydrogen-bond acceptors (Lipinski definition) is 3. The van der Waals surface area contributed by atoms with Gasteiger partial charge in [-0.2, -0.15) is 5.06 Å². The first-order chi connectivity index (χ1) is 6.79. The van der Waals surface area contributed by atoms with Gasteiger partial charge in [0.1, 0.15) is 6.04 Å². The highest BCUT2D eigenvalue weighted by molar-refractivity contribution is 5.69. The molecule has 2 rings (SSSR count). The number of hydroxylamine groups is 2. The number of hydrogen-bond donors (Lipinski definition) is 1. The first-order valence-corrected chi connectivity index (χ1v) is 4.19. The molecule has 4 heteroatoms. The molecule has 0 fully saturated rings. The Balaban J connectivity index is 2.31. The van der Waals surface area contributed by atoms with E-state index in [4.69, 9.17) is 0 Å². The van der Waals surface area contributed by atoms with Crippen LogP contribution in [0.25, 0.3) is 0 Å². The summed E-state index contributed by atoms with van der Waals surface area (Å²) in [6, 6.07) is 8.76. The summed E-state index contributed by atoms with van der Waals surface area (Å²) >= 11 is 0. The minimum Gasteiger partial charge on any atom is -0.417 e. The van der Waals surface area contributed by atoms with Crippen molar-refractivity contribution in [2.45, 2.75) is 6.04 Å². The van der Waals surface area contributed by atoms with Crippen LogP contribution in [-0.2, 0) is 4.74 Å². The zero-order valence-corrected chi connectivity index (χ0v) is 7.33. The van der Waals surface area contributed by atoms with Crippen molar-refractivity contribution in [3.05, 3.63) is 48.2 Å². The number of amides is 1. The van der Waals surface area contributed by atoms with E-state index < -0.39 is 12.1 Å². The van der Waals surface area contributed by atoms with Crippen LogP contribution in [0.3, 0.4) is 0 Å². The number of cyclic esters (lactones) is 1. The second-order valence-corrected chi connectivity index (χ2v) is 2.91. The van der Waals surface area contributed by atoms with Gasteiger partial charge < -0.3 is 4.74 Å². The number of benzene rings is 1. The van der Waals surface area contributed by atoms with Crippen LogP contribution in [0.1, 0.15) is 11.6 Å². The summed E-state index contributed by atoms with van der Waals surface area (Å²) in [6.45, 7) is 0. The molecule has 0 saturated carbocycles. The van der Waals surface area contributed by atoms with Crippen molar-refractivity contribution in [3.8, 4) is 0 Å². The molecule has 1 atom stereocenters. The molecule has 1 aromatic carbocycles. The first-order valence-electron chi connectivity index (χ1n) is 4.19. The van der Waals surface area contributed by atoms with Crippen LogP contribution in [0.5, 0.6) is 0 Å². The molecule has 72 valence electrons. The third kappa shape index (κ3) is 1.47. The zero-order valence-electron chi connectivity index (χ0n) is 7.33. The van der Waals surface area contributed by atoms with Gasteiger partial charge >= 0.3 is 6.09 Å². The van der Waals surface area contributed by atoms with Crippen LogP contribution in [0.4, 0.5) is 4.79 Å². The van der Waals surface area contributed by atoms with Crippen molar-refractivity contribution in [2.75, 3.05) is 0 Å². The van der Waals surface area contributed by atoms with E-state index in [-0.39, 0.29) is 0 Å². The fourth-order valence-electron chi connectivity index (χ4n) is 1.32. The molecule has 1 amide bonds. The Kier molecular flexibility index (Phi) is 2.20. The predicted molar refractivity (Wildman–Crippen MR) is 48.4 cm³/mol. The smallest absolute Gasteiger partial charge is 0.417 e.